The fourth-order valence-corrected chi connectivity index (χ4v) is 3.72. The fourth-order valence-electron chi connectivity index (χ4n) is 3.48. The Morgan fingerprint density at radius 2 is 1.86 bits per heavy atom. The number of aromatic nitrogens is 2. The molecular formula is C20H21ClN6O2. The van der Waals surface area contributed by atoms with E-state index < -0.39 is 0 Å². The molecule has 150 valence electrons. The number of carbonyl (C=O) groups is 2. The first kappa shape index (κ1) is 19.4. The van der Waals surface area contributed by atoms with Gasteiger partial charge in [-0.3, -0.25) is 9.69 Å². The molecular weight excluding hydrogens is 392 g/mol. The van der Waals surface area contributed by atoms with E-state index in [0.29, 0.717) is 48.9 Å². The first-order valence-corrected chi connectivity index (χ1v) is 9.97. The van der Waals surface area contributed by atoms with Crippen LogP contribution in [0.4, 0.5) is 4.79 Å². The minimum Gasteiger partial charge on any atom is -0.339 e. The SMILES string of the molecule is N#Cc1cnn(C(=O)N2CCN(Cc3ccc(C(=O)N4CCC4)cc3Cl)CC2)c1. The number of hydrogen-bond acceptors (Lipinski definition) is 5. The summed E-state index contributed by atoms with van der Waals surface area (Å²) >= 11 is 6.43. The molecule has 2 aliphatic rings. The zero-order valence-electron chi connectivity index (χ0n) is 15.9. The van der Waals surface area contributed by atoms with E-state index in [4.69, 9.17) is 16.9 Å². The van der Waals surface area contributed by atoms with Crippen molar-refractivity contribution in [1.29, 1.82) is 5.26 Å². The van der Waals surface area contributed by atoms with Gasteiger partial charge in [0, 0.05) is 56.4 Å². The lowest BCUT2D eigenvalue weighted by Crippen LogP contribution is -2.49. The highest BCUT2D eigenvalue weighted by Crippen LogP contribution is 2.22. The lowest BCUT2D eigenvalue weighted by atomic mass is 10.1. The Morgan fingerprint density at radius 3 is 2.45 bits per heavy atom. The third-order valence-corrected chi connectivity index (χ3v) is 5.74. The van der Waals surface area contributed by atoms with Crippen LogP contribution in [0.1, 0.15) is 27.9 Å². The van der Waals surface area contributed by atoms with Gasteiger partial charge in [0.05, 0.1) is 18.0 Å². The molecule has 4 rings (SSSR count). The monoisotopic (exact) mass is 412 g/mol. The van der Waals surface area contributed by atoms with Crippen LogP contribution < -0.4 is 0 Å². The van der Waals surface area contributed by atoms with Crippen LogP contribution in [0.15, 0.2) is 30.6 Å². The number of rotatable bonds is 3. The summed E-state index contributed by atoms with van der Waals surface area (Å²) < 4.78 is 1.21. The zero-order chi connectivity index (χ0) is 20.4. The van der Waals surface area contributed by atoms with E-state index in [2.05, 4.69) is 10.00 Å². The van der Waals surface area contributed by atoms with Crippen molar-refractivity contribution in [2.45, 2.75) is 13.0 Å². The molecule has 2 aromatic rings. The third kappa shape index (κ3) is 4.11. The van der Waals surface area contributed by atoms with Gasteiger partial charge in [0.25, 0.3) is 5.91 Å². The molecule has 1 aromatic carbocycles. The van der Waals surface area contributed by atoms with Crippen LogP contribution >= 0.6 is 11.6 Å². The van der Waals surface area contributed by atoms with E-state index >= 15 is 0 Å². The fraction of sp³-hybridized carbons (Fsp3) is 0.400. The van der Waals surface area contributed by atoms with Crippen LogP contribution in [0.3, 0.4) is 0 Å². The highest BCUT2D eigenvalue weighted by atomic mass is 35.5. The predicted molar refractivity (Wildman–Crippen MR) is 107 cm³/mol. The molecule has 0 unspecified atom stereocenters. The first-order chi connectivity index (χ1) is 14.0. The Balaban J connectivity index is 1.33. The number of hydrogen-bond donors (Lipinski definition) is 0. The minimum atomic E-state index is -0.224. The number of piperazine rings is 1. The molecule has 0 radical (unpaired) electrons. The van der Waals surface area contributed by atoms with Crippen molar-refractivity contribution in [2.75, 3.05) is 39.3 Å². The van der Waals surface area contributed by atoms with E-state index in [0.717, 1.165) is 25.1 Å². The highest BCUT2D eigenvalue weighted by molar-refractivity contribution is 6.31. The molecule has 8 nitrogen and oxygen atoms in total. The number of benzene rings is 1. The van der Waals surface area contributed by atoms with Crippen LogP contribution in [0.25, 0.3) is 0 Å². The van der Waals surface area contributed by atoms with E-state index in [1.54, 1.807) is 11.0 Å². The van der Waals surface area contributed by atoms with Crippen molar-refractivity contribution in [3.8, 4) is 6.07 Å². The molecule has 9 heteroatoms. The molecule has 29 heavy (non-hydrogen) atoms. The van der Waals surface area contributed by atoms with Crippen LogP contribution in [-0.2, 0) is 6.54 Å². The van der Waals surface area contributed by atoms with Gasteiger partial charge in [0.1, 0.15) is 6.07 Å². The van der Waals surface area contributed by atoms with Gasteiger partial charge in [0.15, 0.2) is 0 Å². The number of likely N-dealkylation sites (tertiary alicyclic amines) is 1. The summed E-state index contributed by atoms with van der Waals surface area (Å²) in [7, 11) is 0. The van der Waals surface area contributed by atoms with Crippen molar-refractivity contribution in [3.05, 3.63) is 52.3 Å². The zero-order valence-corrected chi connectivity index (χ0v) is 16.7. The van der Waals surface area contributed by atoms with Crippen molar-refractivity contribution in [2.24, 2.45) is 0 Å². The van der Waals surface area contributed by atoms with Gasteiger partial charge in [-0.1, -0.05) is 17.7 Å². The van der Waals surface area contributed by atoms with E-state index in [-0.39, 0.29) is 11.9 Å². The Bertz CT molecular complexity index is 970. The van der Waals surface area contributed by atoms with Gasteiger partial charge in [0.2, 0.25) is 0 Å². The largest absolute Gasteiger partial charge is 0.344 e. The number of carbonyl (C=O) groups excluding carboxylic acids is 2. The summed E-state index contributed by atoms with van der Waals surface area (Å²) in [5.74, 6) is 0.0370. The van der Waals surface area contributed by atoms with Crippen molar-refractivity contribution in [3.63, 3.8) is 0 Å². The molecule has 0 N–H and O–H groups in total. The second-order valence-electron chi connectivity index (χ2n) is 7.28. The Labute approximate surface area is 173 Å². The van der Waals surface area contributed by atoms with Gasteiger partial charge in [-0.2, -0.15) is 15.0 Å². The minimum absolute atomic E-state index is 0.0370. The smallest absolute Gasteiger partial charge is 0.339 e. The topological polar surface area (TPSA) is 85.5 Å². The van der Waals surface area contributed by atoms with E-state index in [9.17, 15) is 9.59 Å². The first-order valence-electron chi connectivity index (χ1n) is 9.59. The molecule has 0 saturated carbocycles. The van der Waals surface area contributed by atoms with Crippen molar-refractivity contribution < 1.29 is 9.59 Å². The standard InChI is InChI=1S/C20H21ClN6O2/c21-18-10-16(19(28)25-4-1-5-25)2-3-17(18)14-24-6-8-26(9-7-24)20(29)27-13-15(11-22)12-23-27/h2-3,10,12-13H,1,4-9,14H2. The average Bonchev–Trinajstić information content (AvgIpc) is 3.17. The van der Waals surface area contributed by atoms with Gasteiger partial charge in [-0.05, 0) is 24.1 Å². The summed E-state index contributed by atoms with van der Waals surface area (Å²) in [5, 5.41) is 13.4. The maximum absolute atomic E-state index is 12.5. The number of halogens is 1. The number of amides is 2. The average molecular weight is 413 g/mol. The van der Waals surface area contributed by atoms with Crippen LogP contribution in [0.5, 0.6) is 0 Å². The highest BCUT2D eigenvalue weighted by Gasteiger charge is 2.24. The molecule has 0 atom stereocenters. The van der Waals surface area contributed by atoms with Gasteiger partial charge in [-0.25, -0.2) is 4.79 Å². The molecule has 2 amide bonds. The molecule has 3 heterocycles. The molecule has 2 aliphatic heterocycles. The normalized spacial score (nSPS) is 17.0. The summed E-state index contributed by atoms with van der Waals surface area (Å²) in [6, 6.07) is 7.25. The van der Waals surface area contributed by atoms with Crippen molar-refractivity contribution in [1.82, 2.24) is 24.5 Å². The lowest BCUT2D eigenvalue weighted by molar-refractivity contribution is 0.0652. The Morgan fingerprint density at radius 1 is 1.10 bits per heavy atom. The summed E-state index contributed by atoms with van der Waals surface area (Å²) in [6.07, 6.45) is 3.88. The summed E-state index contributed by atoms with van der Waals surface area (Å²) in [4.78, 5) is 30.6. The molecule has 2 fully saturated rings. The Kier molecular flexibility index (Phi) is 5.51. The van der Waals surface area contributed by atoms with Crippen LogP contribution in [-0.4, -0.2) is 75.7 Å². The van der Waals surface area contributed by atoms with Gasteiger partial charge < -0.3 is 9.80 Å². The van der Waals surface area contributed by atoms with Gasteiger partial charge >= 0.3 is 6.03 Å². The molecule has 0 aliphatic carbocycles. The molecule has 0 bridgehead atoms. The maximum atomic E-state index is 12.5. The van der Waals surface area contributed by atoms with E-state index in [1.807, 2.05) is 23.1 Å². The quantitative estimate of drug-likeness (QED) is 0.770. The van der Waals surface area contributed by atoms with E-state index in [1.165, 1.54) is 17.1 Å². The third-order valence-electron chi connectivity index (χ3n) is 5.39. The number of nitrogens with zero attached hydrogens (tertiary/aromatic N) is 6. The molecule has 0 spiro atoms. The second kappa shape index (κ2) is 8.23. The summed E-state index contributed by atoms with van der Waals surface area (Å²) in [5.41, 5.74) is 1.96. The second-order valence-corrected chi connectivity index (χ2v) is 7.69. The molecule has 2 saturated heterocycles. The summed E-state index contributed by atoms with van der Waals surface area (Å²) in [6.45, 7) is 4.87. The maximum Gasteiger partial charge on any atom is 0.344 e. The van der Waals surface area contributed by atoms with Crippen molar-refractivity contribution >= 4 is 23.5 Å². The lowest BCUT2D eigenvalue weighted by Gasteiger charge is -2.34. The van der Waals surface area contributed by atoms with Gasteiger partial charge in [-0.15, -0.1) is 0 Å². The van der Waals surface area contributed by atoms with Crippen LogP contribution in [0, 0.1) is 11.3 Å². The Hall–Kier alpha value is -2.89. The van der Waals surface area contributed by atoms with Crippen LogP contribution in [0.2, 0.25) is 5.02 Å². The number of nitriles is 1. The predicted octanol–water partition coefficient (Wildman–Crippen LogP) is 2.04. The molecule has 1 aromatic heterocycles.